The van der Waals surface area contributed by atoms with Crippen LogP contribution >= 0.6 is 0 Å². The van der Waals surface area contributed by atoms with Crippen LogP contribution in [0.5, 0.6) is 5.75 Å². The van der Waals surface area contributed by atoms with Crippen molar-refractivity contribution >= 4 is 27.5 Å². The van der Waals surface area contributed by atoms with Crippen molar-refractivity contribution in [3.63, 3.8) is 0 Å². The summed E-state index contributed by atoms with van der Waals surface area (Å²) in [5.74, 6) is 0.378. The van der Waals surface area contributed by atoms with Gasteiger partial charge in [0, 0.05) is 25.6 Å². The fourth-order valence-electron chi connectivity index (χ4n) is 5.42. The number of benzene rings is 2. The summed E-state index contributed by atoms with van der Waals surface area (Å²) in [5, 5.41) is 3.20. The molecule has 0 radical (unpaired) electrons. The average molecular weight is 572 g/mol. The normalized spacial score (nSPS) is 14.8. The zero-order chi connectivity index (χ0) is 29.3. The van der Waals surface area contributed by atoms with Crippen LogP contribution in [-0.2, 0) is 26.2 Å². The van der Waals surface area contributed by atoms with Gasteiger partial charge in [-0.3, -0.25) is 13.9 Å². The predicted octanol–water partition coefficient (Wildman–Crippen LogP) is 5.11. The highest BCUT2D eigenvalue weighted by Crippen LogP contribution is 2.26. The number of aryl methyl sites for hydroxylation is 1. The number of anilines is 1. The molecule has 1 saturated carbocycles. The van der Waals surface area contributed by atoms with Crippen LogP contribution in [0, 0.1) is 13.8 Å². The number of methoxy groups -OCH3 is 1. The van der Waals surface area contributed by atoms with Crippen molar-refractivity contribution in [2.24, 2.45) is 0 Å². The Bertz CT molecular complexity index is 1260. The maximum absolute atomic E-state index is 13.7. The molecule has 1 aliphatic carbocycles. The van der Waals surface area contributed by atoms with Crippen LogP contribution in [0.25, 0.3) is 0 Å². The smallest absolute Gasteiger partial charge is 0.243 e. The molecule has 0 aromatic heterocycles. The van der Waals surface area contributed by atoms with Gasteiger partial charge in [-0.1, -0.05) is 50.5 Å². The number of hydrogen-bond donors (Lipinski definition) is 1. The zero-order valence-electron chi connectivity index (χ0n) is 24.6. The van der Waals surface area contributed by atoms with E-state index in [0.29, 0.717) is 24.3 Å². The first-order valence-electron chi connectivity index (χ1n) is 14.3. The van der Waals surface area contributed by atoms with E-state index < -0.39 is 16.1 Å². The van der Waals surface area contributed by atoms with Crippen LogP contribution in [-0.4, -0.2) is 57.1 Å². The molecular weight excluding hydrogens is 526 g/mol. The maximum atomic E-state index is 13.7. The SMILES string of the molecule is CC[C@@H](C(=O)NC1CCCCC1)N(Cc1cccc(OC)c1)C(=O)CCCN(c1cccc(C)c1C)S(C)(=O)=O. The van der Waals surface area contributed by atoms with Crippen LogP contribution in [0.1, 0.15) is 75.0 Å². The van der Waals surface area contributed by atoms with Crippen LogP contribution < -0.4 is 14.4 Å². The van der Waals surface area contributed by atoms with Gasteiger partial charge in [-0.2, -0.15) is 0 Å². The van der Waals surface area contributed by atoms with Gasteiger partial charge >= 0.3 is 0 Å². The molecule has 0 heterocycles. The van der Waals surface area contributed by atoms with Gasteiger partial charge in [0.15, 0.2) is 0 Å². The highest BCUT2D eigenvalue weighted by molar-refractivity contribution is 7.92. The Morgan fingerprint density at radius 3 is 2.42 bits per heavy atom. The Morgan fingerprint density at radius 2 is 1.77 bits per heavy atom. The molecule has 2 amide bonds. The fourth-order valence-corrected chi connectivity index (χ4v) is 6.44. The summed E-state index contributed by atoms with van der Waals surface area (Å²) in [6, 6.07) is 12.6. The Kier molecular flexibility index (Phi) is 11.4. The molecular formula is C31H45N3O5S. The summed E-state index contributed by atoms with van der Waals surface area (Å²) in [7, 11) is -1.96. The molecule has 0 saturated heterocycles. The van der Waals surface area contributed by atoms with Gasteiger partial charge in [-0.05, 0) is 74.4 Å². The number of amides is 2. The topological polar surface area (TPSA) is 96.0 Å². The van der Waals surface area contributed by atoms with Crippen molar-refractivity contribution in [3.8, 4) is 5.75 Å². The lowest BCUT2D eigenvalue weighted by Gasteiger charge is -2.33. The van der Waals surface area contributed by atoms with Gasteiger partial charge in [0.25, 0.3) is 0 Å². The standard InChI is InChI=1S/C31H45N3O5S/c1-6-28(31(36)32-26-15-8-7-9-16-26)33(22-25-14-11-17-27(21-25)39-4)30(35)19-12-20-34(40(5,37)38)29-18-10-13-23(2)24(29)3/h10-11,13-14,17-18,21,26,28H,6-9,12,15-16,19-20,22H2,1-5H3,(H,32,36)/t28-/m0/s1. The summed E-state index contributed by atoms with van der Waals surface area (Å²) in [6.07, 6.45) is 7.44. The number of hydrogen-bond acceptors (Lipinski definition) is 5. The lowest BCUT2D eigenvalue weighted by molar-refractivity contribution is -0.141. The molecule has 1 fully saturated rings. The molecule has 0 aliphatic heterocycles. The Labute approximate surface area is 240 Å². The van der Waals surface area contributed by atoms with Crippen molar-refractivity contribution in [2.75, 3.05) is 24.2 Å². The molecule has 0 bridgehead atoms. The van der Waals surface area contributed by atoms with Gasteiger partial charge in [0.2, 0.25) is 21.8 Å². The molecule has 1 aliphatic rings. The second-order valence-corrected chi connectivity index (χ2v) is 12.7. The summed E-state index contributed by atoms with van der Waals surface area (Å²) in [5.41, 5.74) is 3.39. The van der Waals surface area contributed by atoms with Crippen molar-refractivity contribution in [3.05, 3.63) is 59.2 Å². The maximum Gasteiger partial charge on any atom is 0.243 e. The van der Waals surface area contributed by atoms with E-state index in [1.54, 1.807) is 18.1 Å². The molecule has 8 nitrogen and oxygen atoms in total. The van der Waals surface area contributed by atoms with Gasteiger partial charge in [-0.15, -0.1) is 0 Å². The molecule has 3 rings (SSSR count). The van der Waals surface area contributed by atoms with Crippen LogP contribution in [0.15, 0.2) is 42.5 Å². The first-order chi connectivity index (χ1) is 19.0. The van der Waals surface area contributed by atoms with E-state index >= 15 is 0 Å². The van der Waals surface area contributed by atoms with Crippen molar-refractivity contribution in [1.29, 1.82) is 0 Å². The zero-order valence-corrected chi connectivity index (χ0v) is 25.4. The second kappa shape index (κ2) is 14.5. The van der Waals surface area contributed by atoms with E-state index in [1.807, 2.05) is 57.2 Å². The van der Waals surface area contributed by atoms with Crippen molar-refractivity contribution in [2.45, 2.75) is 90.8 Å². The van der Waals surface area contributed by atoms with E-state index in [-0.39, 0.29) is 37.4 Å². The summed E-state index contributed by atoms with van der Waals surface area (Å²) in [6.45, 7) is 6.21. The lowest BCUT2D eigenvalue weighted by atomic mass is 9.95. The van der Waals surface area contributed by atoms with E-state index in [0.717, 1.165) is 42.4 Å². The quantitative estimate of drug-likeness (QED) is 0.360. The first-order valence-corrected chi connectivity index (χ1v) is 16.2. The molecule has 1 N–H and O–H groups in total. The molecule has 0 spiro atoms. The third kappa shape index (κ3) is 8.46. The average Bonchev–Trinajstić information content (AvgIpc) is 2.92. The van der Waals surface area contributed by atoms with Crippen molar-refractivity contribution < 1.29 is 22.7 Å². The Balaban J connectivity index is 1.79. The van der Waals surface area contributed by atoms with Crippen LogP contribution in [0.3, 0.4) is 0 Å². The summed E-state index contributed by atoms with van der Waals surface area (Å²) in [4.78, 5) is 28.8. The molecule has 9 heteroatoms. The second-order valence-electron chi connectivity index (χ2n) is 10.8. The summed E-state index contributed by atoms with van der Waals surface area (Å²) >= 11 is 0. The first kappa shape index (κ1) is 31.5. The Hall–Kier alpha value is -3.07. The monoisotopic (exact) mass is 571 g/mol. The predicted molar refractivity (Wildman–Crippen MR) is 160 cm³/mol. The van der Waals surface area contributed by atoms with Gasteiger partial charge in [-0.25, -0.2) is 8.42 Å². The van der Waals surface area contributed by atoms with Crippen molar-refractivity contribution in [1.82, 2.24) is 10.2 Å². The minimum absolute atomic E-state index is 0.119. The number of nitrogens with zero attached hydrogens (tertiary/aromatic N) is 2. The van der Waals surface area contributed by atoms with Gasteiger partial charge in [0.05, 0.1) is 19.1 Å². The van der Waals surface area contributed by atoms with E-state index in [2.05, 4.69) is 5.32 Å². The molecule has 0 unspecified atom stereocenters. The lowest BCUT2D eigenvalue weighted by Crippen LogP contribution is -2.51. The minimum Gasteiger partial charge on any atom is -0.497 e. The number of nitrogens with one attached hydrogen (secondary N) is 1. The summed E-state index contributed by atoms with van der Waals surface area (Å²) < 4.78 is 32.2. The highest BCUT2D eigenvalue weighted by atomic mass is 32.2. The third-order valence-electron chi connectivity index (χ3n) is 7.82. The number of sulfonamides is 1. The van der Waals surface area contributed by atoms with Gasteiger partial charge < -0.3 is 15.0 Å². The largest absolute Gasteiger partial charge is 0.497 e. The number of carbonyl (C=O) groups excluding carboxylic acids is 2. The van der Waals surface area contributed by atoms with E-state index in [1.165, 1.54) is 17.0 Å². The fraction of sp³-hybridized carbons (Fsp3) is 0.548. The number of rotatable bonds is 13. The highest BCUT2D eigenvalue weighted by Gasteiger charge is 2.30. The molecule has 2 aromatic carbocycles. The van der Waals surface area contributed by atoms with Crippen LogP contribution in [0.2, 0.25) is 0 Å². The molecule has 2 aromatic rings. The van der Waals surface area contributed by atoms with Crippen LogP contribution in [0.4, 0.5) is 5.69 Å². The van der Waals surface area contributed by atoms with Gasteiger partial charge in [0.1, 0.15) is 11.8 Å². The van der Waals surface area contributed by atoms with E-state index in [9.17, 15) is 18.0 Å². The number of carbonyl (C=O) groups is 2. The molecule has 1 atom stereocenters. The molecule has 40 heavy (non-hydrogen) atoms. The minimum atomic E-state index is -3.55. The number of ether oxygens (including phenoxy) is 1. The third-order valence-corrected chi connectivity index (χ3v) is 9.00. The molecule has 220 valence electrons. The Morgan fingerprint density at radius 1 is 1.07 bits per heavy atom. The van der Waals surface area contributed by atoms with E-state index in [4.69, 9.17) is 4.74 Å².